The minimum Gasteiger partial charge on any atom is -0.467 e. The largest absolute Gasteiger partial charge is 0.467 e. The van der Waals surface area contributed by atoms with Gasteiger partial charge in [-0.3, -0.25) is 4.90 Å². The molecule has 2 aromatic carbocycles. The molecule has 2 aromatic rings. The number of amides is 1. The van der Waals surface area contributed by atoms with Crippen LogP contribution in [0.15, 0.2) is 54.6 Å². The van der Waals surface area contributed by atoms with Gasteiger partial charge in [0.25, 0.3) is 0 Å². The molecule has 0 N–H and O–H groups in total. The molecule has 1 fully saturated rings. The van der Waals surface area contributed by atoms with Crippen molar-refractivity contribution in [2.45, 2.75) is 69.3 Å². The molecule has 1 amide bonds. The van der Waals surface area contributed by atoms with Crippen molar-refractivity contribution in [3.05, 3.63) is 60.2 Å². The fraction of sp³-hybridized carbons (Fsp3) is 0.462. The summed E-state index contributed by atoms with van der Waals surface area (Å²) in [6, 6.07) is 18.4. The van der Waals surface area contributed by atoms with Gasteiger partial charge in [0.05, 0.1) is 20.9 Å². The standard InChI is InChI=1S/C26H33NO4Si/c1-24(2,3)31-23(29)27-20-16-12-11-15-19(20)25(4)21(17-26(25,27)22(28)30-5)32(6,7)18-13-9-8-10-14-18/h8-16,21H,17H2,1-7H3/t21-,25+,26+/m1/s1. The number of hydrogen-bond acceptors (Lipinski definition) is 4. The Kier molecular flexibility index (Phi) is 5.08. The van der Waals surface area contributed by atoms with Gasteiger partial charge in [0, 0.05) is 5.41 Å². The second-order valence-corrected chi connectivity index (χ2v) is 15.4. The van der Waals surface area contributed by atoms with Crippen molar-refractivity contribution in [1.82, 2.24) is 0 Å². The summed E-state index contributed by atoms with van der Waals surface area (Å²) in [4.78, 5) is 28.6. The molecule has 5 nitrogen and oxygen atoms in total. The Bertz CT molecular complexity index is 1060. The summed E-state index contributed by atoms with van der Waals surface area (Å²) in [7, 11) is -0.622. The molecule has 3 atom stereocenters. The Morgan fingerprint density at radius 3 is 2.22 bits per heavy atom. The third-order valence-electron chi connectivity index (χ3n) is 7.63. The van der Waals surface area contributed by atoms with E-state index in [-0.39, 0.29) is 11.5 Å². The number of benzene rings is 2. The summed E-state index contributed by atoms with van der Waals surface area (Å²) in [6.45, 7) is 12.4. The second kappa shape index (κ2) is 7.20. The SMILES string of the molecule is COC(=O)[C@@]12C[C@@H]([Si](C)(C)c3ccccc3)[C@]1(C)c1ccccc1N2C(=O)OC(C)(C)C. The Morgan fingerprint density at radius 2 is 1.62 bits per heavy atom. The fourth-order valence-corrected chi connectivity index (χ4v) is 10.2. The van der Waals surface area contributed by atoms with Gasteiger partial charge in [0.2, 0.25) is 0 Å². The molecule has 32 heavy (non-hydrogen) atoms. The Morgan fingerprint density at radius 1 is 1.03 bits per heavy atom. The van der Waals surface area contributed by atoms with E-state index < -0.39 is 30.7 Å². The van der Waals surface area contributed by atoms with Crippen LogP contribution >= 0.6 is 0 Å². The molecule has 1 aliphatic heterocycles. The number of para-hydroxylation sites is 1. The number of carbonyl (C=O) groups excluding carboxylic acids is 2. The molecule has 1 saturated carbocycles. The van der Waals surface area contributed by atoms with E-state index in [0.29, 0.717) is 6.42 Å². The van der Waals surface area contributed by atoms with Gasteiger partial charge in [0.15, 0.2) is 5.54 Å². The van der Waals surface area contributed by atoms with Gasteiger partial charge < -0.3 is 9.47 Å². The number of rotatable bonds is 3. The highest BCUT2D eigenvalue weighted by Gasteiger charge is 2.79. The summed E-state index contributed by atoms with van der Waals surface area (Å²) in [5.41, 5.74) is -0.357. The third kappa shape index (κ3) is 2.88. The molecule has 0 saturated heterocycles. The first-order valence-electron chi connectivity index (χ1n) is 11.2. The molecule has 170 valence electrons. The van der Waals surface area contributed by atoms with Crippen molar-refractivity contribution in [2.75, 3.05) is 12.0 Å². The average molecular weight is 452 g/mol. The molecule has 6 heteroatoms. The van der Waals surface area contributed by atoms with Crippen LogP contribution in [0.25, 0.3) is 0 Å². The van der Waals surface area contributed by atoms with E-state index >= 15 is 0 Å². The van der Waals surface area contributed by atoms with Crippen molar-refractivity contribution in [3.63, 3.8) is 0 Å². The van der Waals surface area contributed by atoms with Crippen LogP contribution in [0, 0.1) is 0 Å². The van der Waals surface area contributed by atoms with Gasteiger partial charge in [-0.2, -0.15) is 0 Å². The lowest BCUT2D eigenvalue weighted by molar-refractivity contribution is -0.155. The molecular formula is C26H33NO4Si. The normalized spacial score (nSPS) is 26.6. The van der Waals surface area contributed by atoms with Crippen LogP contribution in [0.3, 0.4) is 0 Å². The predicted octanol–water partition coefficient (Wildman–Crippen LogP) is 5.00. The molecule has 0 spiro atoms. The minimum absolute atomic E-state index is 0.241. The topological polar surface area (TPSA) is 55.8 Å². The smallest absolute Gasteiger partial charge is 0.415 e. The number of hydrogen-bond donors (Lipinski definition) is 0. The first kappa shape index (κ1) is 22.6. The van der Waals surface area contributed by atoms with Crippen LogP contribution in [0.4, 0.5) is 10.5 Å². The van der Waals surface area contributed by atoms with E-state index in [1.165, 1.54) is 12.3 Å². The number of anilines is 1. The van der Waals surface area contributed by atoms with E-state index in [0.717, 1.165) is 11.3 Å². The number of esters is 1. The Balaban J connectivity index is 1.90. The van der Waals surface area contributed by atoms with Crippen LogP contribution in [-0.4, -0.2) is 38.4 Å². The number of carbonyl (C=O) groups is 2. The molecule has 4 rings (SSSR count). The van der Waals surface area contributed by atoms with Crippen molar-refractivity contribution < 1.29 is 19.1 Å². The molecule has 0 aromatic heterocycles. The average Bonchev–Trinajstić information content (AvgIpc) is 2.90. The lowest BCUT2D eigenvalue weighted by Gasteiger charge is -2.63. The van der Waals surface area contributed by atoms with Crippen LogP contribution in [0.2, 0.25) is 18.6 Å². The molecule has 2 aliphatic rings. The zero-order valence-electron chi connectivity index (χ0n) is 20.1. The molecule has 0 radical (unpaired) electrons. The molecule has 0 unspecified atom stereocenters. The van der Waals surface area contributed by atoms with E-state index in [2.05, 4.69) is 50.3 Å². The Labute approximate surface area is 191 Å². The van der Waals surface area contributed by atoms with Gasteiger partial charge in [-0.25, -0.2) is 9.59 Å². The van der Waals surface area contributed by atoms with Crippen molar-refractivity contribution >= 4 is 31.0 Å². The second-order valence-electron chi connectivity index (χ2n) is 10.7. The van der Waals surface area contributed by atoms with Gasteiger partial charge >= 0.3 is 12.1 Å². The lowest BCUT2D eigenvalue weighted by Crippen LogP contribution is -2.77. The maximum Gasteiger partial charge on any atom is 0.415 e. The third-order valence-corrected chi connectivity index (χ3v) is 12.0. The van der Waals surface area contributed by atoms with E-state index in [4.69, 9.17) is 9.47 Å². The monoisotopic (exact) mass is 451 g/mol. The maximum atomic E-state index is 13.5. The van der Waals surface area contributed by atoms with Crippen molar-refractivity contribution in [3.8, 4) is 0 Å². The van der Waals surface area contributed by atoms with Crippen LogP contribution in [-0.2, 0) is 19.7 Å². The quantitative estimate of drug-likeness (QED) is 0.487. The lowest BCUT2D eigenvalue weighted by atomic mass is 9.53. The Hall–Kier alpha value is -2.60. The summed E-state index contributed by atoms with van der Waals surface area (Å²) in [5.74, 6) is -0.379. The molecule has 0 bridgehead atoms. The van der Waals surface area contributed by atoms with Crippen molar-refractivity contribution in [1.29, 1.82) is 0 Å². The zero-order valence-corrected chi connectivity index (χ0v) is 21.1. The first-order valence-corrected chi connectivity index (χ1v) is 14.3. The zero-order chi connectivity index (χ0) is 23.5. The molecule has 1 heterocycles. The number of ether oxygens (including phenoxy) is 2. The highest BCUT2D eigenvalue weighted by Crippen LogP contribution is 2.71. The molecule has 1 aliphatic carbocycles. The summed E-state index contributed by atoms with van der Waals surface area (Å²) in [5, 5.41) is 1.35. The van der Waals surface area contributed by atoms with Gasteiger partial charge in [-0.05, 0) is 44.4 Å². The summed E-state index contributed by atoms with van der Waals surface area (Å²) >= 11 is 0. The van der Waals surface area contributed by atoms with Gasteiger partial charge in [0.1, 0.15) is 5.60 Å². The van der Waals surface area contributed by atoms with Crippen LogP contribution in [0.1, 0.15) is 39.7 Å². The number of nitrogens with zero attached hydrogens (tertiary/aromatic N) is 1. The summed E-state index contributed by atoms with van der Waals surface area (Å²) in [6.07, 6.45) is 0.0507. The van der Waals surface area contributed by atoms with Crippen molar-refractivity contribution in [2.24, 2.45) is 0 Å². The minimum atomic E-state index is -2.03. The predicted molar refractivity (Wildman–Crippen MR) is 129 cm³/mol. The van der Waals surface area contributed by atoms with Crippen LogP contribution < -0.4 is 10.1 Å². The highest BCUT2D eigenvalue weighted by atomic mass is 28.3. The number of methoxy groups -OCH3 is 1. The van der Waals surface area contributed by atoms with Crippen LogP contribution in [0.5, 0.6) is 0 Å². The molecular weight excluding hydrogens is 418 g/mol. The first-order chi connectivity index (χ1) is 14.9. The van der Waals surface area contributed by atoms with E-state index in [1.807, 2.05) is 45.0 Å². The summed E-state index contributed by atoms with van der Waals surface area (Å²) < 4.78 is 11.2. The highest BCUT2D eigenvalue weighted by molar-refractivity contribution is 6.91. The maximum absolute atomic E-state index is 13.5. The fourth-order valence-electron chi connectivity index (χ4n) is 6.08. The number of fused-ring (bicyclic) bond motifs is 3. The van der Waals surface area contributed by atoms with E-state index in [1.54, 1.807) is 4.90 Å². The van der Waals surface area contributed by atoms with E-state index in [9.17, 15) is 9.59 Å². The van der Waals surface area contributed by atoms with Gasteiger partial charge in [-0.1, -0.05) is 73.7 Å². The van der Waals surface area contributed by atoms with Gasteiger partial charge in [-0.15, -0.1) is 0 Å².